The molecule has 0 bridgehead atoms. The van der Waals surface area contributed by atoms with Gasteiger partial charge in [0.1, 0.15) is 23.9 Å². The molecule has 0 N–H and O–H groups in total. The van der Waals surface area contributed by atoms with Crippen molar-refractivity contribution >= 4 is 34.7 Å². The minimum absolute atomic E-state index is 0.0283. The fraction of sp³-hybridized carbons (Fsp3) is 0.292. The van der Waals surface area contributed by atoms with Gasteiger partial charge in [0.05, 0.1) is 23.8 Å². The van der Waals surface area contributed by atoms with E-state index in [9.17, 15) is 18.8 Å². The summed E-state index contributed by atoms with van der Waals surface area (Å²) in [5.74, 6) is -0.665. The van der Waals surface area contributed by atoms with E-state index < -0.39 is 11.8 Å². The standard InChI is InChI=1S/C24H23FN2O5S/c1-14(2)32-18-10-4-15(5-11-18)19-12-20(28)27(17-8-6-16(25)7-9-17)23-22(19)33-24(30)26(23)13-21(29)31-3/h4-11,14,19H,12-13H2,1-3H3. The van der Waals surface area contributed by atoms with Gasteiger partial charge in [-0.1, -0.05) is 23.5 Å². The van der Waals surface area contributed by atoms with E-state index in [1.165, 1.54) is 40.8 Å². The molecule has 0 radical (unpaired) electrons. The van der Waals surface area contributed by atoms with Gasteiger partial charge < -0.3 is 9.47 Å². The summed E-state index contributed by atoms with van der Waals surface area (Å²) in [6, 6.07) is 12.9. The van der Waals surface area contributed by atoms with Crippen LogP contribution < -0.4 is 14.5 Å². The molecular weight excluding hydrogens is 447 g/mol. The number of hydrogen-bond donors (Lipinski definition) is 0. The molecule has 0 saturated heterocycles. The van der Waals surface area contributed by atoms with E-state index in [1.807, 2.05) is 38.1 Å². The first-order valence-electron chi connectivity index (χ1n) is 10.4. The third-order valence-electron chi connectivity index (χ3n) is 5.30. The van der Waals surface area contributed by atoms with Gasteiger partial charge in [0.15, 0.2) is 0 Å². The van der Waals surface area contributed by atoms with Crippen molar-refractivity contribution in [2.75, 3.05) is 12.0 Å². The Bertz CT molecular complexity index is 1230. The number of anilines is 2. The molecule has 1 amide bonds. The molecule has 3 aromatic rings. The Hall–Kier alpha value is -3.46. The molecule has 2 aromatic carbocycles. The van der Waals surface area contributed by atoms with Crippen molar-refractivity contribution < 1.29 is 23.5 Å². The molecule has 2 heterocycles. The van der Waals surface area contributed by atoms with Gasteiger partial charge in [-0.05, 0) is 55.8 Å². The van der Waals surface area contributed by atoms with E-state index in [2.05, 4.69) is 0 Å². The van der Waals surface area contributed by atoms with Gasteiger partial charge >= 0.3 is 10.8 Å². The van der Waals surface area contributed by atoms with Crippen LogP contribution in [0, 0.1) is 5.82 Å². The molecule has 0 fully saturated rings. The number of methoxy groups -OCH3 is 1. The lowest BCUT2D eigenvalue weighted by atomic mass is 9.90. The van der Waals surface area contributed by atoms with Crippen molar-refractivity contribution in [2.24, 2.45) is 0 Å². The number of benzene rings is 2. The van der Waals surface area contributed by atoms with Gasteiger partial charge in [0.2, 0.25) is 5.91 Å². The summed E-state index contributed by atoms with van der Waals surface area (Å²) < 4.78 is 25.2. The highest BCUT2D eigenvalue weighted by molar-refractivity contribution is 7.10. The van der Waals surface area contributed by atoms with E-state index >= 15 is 0 Å². The minimum atomic E-state index is -0.610. The summed E-state index contributed by atoms with van der Waals surface area (Å²) in [5, 5.41) is 0. The number of esters is 1. The normalized spacial score (nSPS) is 15.5. The zero-order valence-corrected chi connectivity index (χ0v) is 19.2. The van der Waals surface area contributed by atoms with Crippen molar-refractivity contribution in [3.63, 3.8) is 0 Å². The number of carbonyl (C=O) groups excluding carboxylic acids is 2. The first-order chi connectivity index (χ1) is 15.8. The maximum atomic E-state index is 13.5. The van der Waals surface area contributed by atoms with Gasteiger partial charge in [-0.3, -0.25) is 23.9 Å². The molecule has 0 spiro atoms. The molecule has 33 heavy (non-hydrogen) atoms. The van der Waals surface area contributed by atoms with Crippen LogP contribution in [-0.4, -0.2) is 29.7 Å². The third kappa shape index (κ3) is 4.54. The number of thiazole rings is 1. The van der Waals surface area contributed by atoms with Crippen molar-refractivity contribution in [2.45, 2.75) is 38.8 Å². The Labute approximate surface area is 194 Å². The van der Waals surface area contributed by atoms with E-state index in [0.717, 1.165) is 16.9 Å². The van der Waals surface area contributed by atoms with Gasteiger partial charge in [0.25, 0.3) is 0 Å². The highest BCUT2D eigenvalue weighted by Crippen LogP contribution is 2.45. The zero-order valence-electron chi connectivity index (χ0n) is 18.4. The van der Waals surface area contributed by atoms with Crippen LogP contribution in [0.15, 0.2) is 53.3 Å². The fourth-order valence-corrected chi connectivity index (χ4v) is 4.96. The smallest absolute Gasteiger partial charge is 0.325 e. The van der Waals surface area contributed by atoms with E-state index in [-0.39, 0.29) is 35.8 Å². The highest BCUT2D eigenvalue weighted by Gasteiger charge is 2.38. The van der Waals surface area contributed by atoms with Crippen LogP contribution >= 0.6 is 11.3 Å². The number of rotatable bonds is 6. The number of fused-ring (bicyclic) bond motifs is 1. The maximum absolute atomic E-state index is 13.5. The van der Waals surface area contributed by atoms with Crippen LogP contribution in [0.25, 0.3) is 0 Å². The van der Waals surface area contributed by atoms with Gasteiger partial charge in [-0.15, -0.1) is 0 Å². The van der Waals surface area contributed by atoms with Gasteiger partial charge in [-0.25, -0.2) is 4.39 Å². The second-order valence-corrected chi connectivity index (χ2v) is 8.91. The Morgan fingerprint density at radius 2 is 1.79 bits per heavy atom. The van der Waals surface area contributed by atoms with Gasteiger partial charge in [0, 0.05) is 12.3 Å². The number of carbonyl (C=O) groups is 2. The van der Waals surface area contributed by atoms with E-state index in [4.69, 9.17) is 9.47 Å². The maximum Gasteiger partial charge on any atom is 0.325 e. The molecule has 1 atom stereocenters. The summed E-state index contributed by atoms with van der Waals surface area (Å²) in [6.45, 7) is 3.54. The van der Waals surface area contributed by atoms with Crippen LogP contribution in [0.2, 0.25) is 0 Å². The second kappa shape index (κ2) is 9.19. The Morgan fingerprint density at radius 3 is 2.39 bits per heavy atom. The van der Waals surface area contributed by atoms with E-state index in [0.29, 0.717) is 22.1 Å². The zero-order chi connectivity index (χ0) is 23.7. The average molecular weight is 471 g/mol. The number of halogens is 1. The molecule has 1 aliphatic heterocycles. The van der Waals surface area contributed by atoms with Crippen LogP contribution in [0.5, 0.6) is 5.75 Å². The van der Waals surface area contributed by atoms with Crippen molar-refractivity contribution in [1.82, 2.24) is 4.57 Å². The number of nitrogens with zero attached hydrogens (tertiary/aromatic N) is 2. The summed E-state index contributed by atoms with van der Waals surface area (Å²) in [4.78, 5) is 39.9. The summed E-state index contributed by atoms with van der Waals surface area (Å²) in [5.41, 5.74) is 1.27. The molecule has 1 aromatic heterocycles. The fourth-order valence-electron chi connectivity index (χ4n) is 3.86. The molecule has 172 valence electrons. The van der Waals surface area contributed by atoms with Crippen molar-refractivity contribution in [3.05, 3.63) is 74.5 Å². The lowest BCUT2D eigenvalue weighted by Gasteiger charge is -2.32. The van der Waals surface area contributed by atoms with Crippen molar-refractivity contribution in [3.8, 4) is 5.75 Å². The quantitative estimate of drug-likeness (QED) is 0.505. The molecule has 0 aliphatic carbocycles. The highest BCUT2D eigenvalue weighted by atomic mass is 32.1. The monoisotopic (exact) mass is 470 g/mol. The minimum Gasteiger partial charge on any atom is -0.491 e. The SMILES string of the molecule is COC(=O)Cn1c2c(sc1=O)C(c1ccc(OC(C)C)cc1)CC(=O)N2c1ccc(F)cc1. The van der Waals surface area contributed by atoms with Gasteiger partial charge in [-0.2, -0.15) is 0 Å². The second-order valence-electron chi connectivity index (χ2n) is 7.92. The molecular formula is C24H23FN2O5S. The van der Waals surface area contributed by atoms with E-state index in [1.54, 1.807) is 0 Å². The van der Waals surface area contributed by atoms with Crippen LogP contribution in [0.1, 0.15) is 36.6 Å². The Kier molecular flexibility index (Phi) is 6.33. The van der Waals surface area contributed by atoms with Crippen LogP contribution in [0.4, 0.5) is 15.9 Å². The first-order valence-corrected chi connectivity index (χ1v) is 11.3. The lowest BCUT2D eigenvalue weighted by molar-refractivity contribution is -0.141. The summed E-state index contributed by atoms with van der Waals surface area (Å²) in [7, 11) is 1.23. The third-order valence-corrected chi connectivity index (χ3v) is 6.39. The van der Waals surface area contributed by atoms with Crippen LogP contribution in [-0.2, 0) is 20.9 Å². The number of aromatic nitrogens is 1. The number of hydrogen-bond acceptors (Lipinski definition) is 6. The summed E-state index contributed by atoms with van der Waals surface area (Å²) >= 11 is 0.991. The first kappa shape index (κ1) is 22.7. The Balaban J connectivity index is 1.83. The van der Waals surface area contributed by atoms with Crippen LogP contribution in [0.3, 0.4) is 0 Å². The number of ether oxygens (including phenoxy) is 2. The molecule has 9 heteroatoms. The lowest BCUT2D eigenvalue weighted by Crippen LogP contribution is -2.36. The van der Waals surface area contributed by atoms with Crippen molar-refractivity contribution in [1.29, 1.82) is 0 Å². The molecule has 4 rings (SSSR count). The predicted octanol–water partition coefficient (Wildman–Crippen LogP) is 4.21. The predicted molar refractivity (Wildman–Crippen MR) is 123 cm³/mol. The topological polar surface area (TPSA) is 77.8 Å². The largest absolute Gasteiger partial charge is 0.491 e. The number of amides is 1. The Morgan fingerprint density at radius 1 is 1.12 bits per heavy atom. The molecule has 7 nitrogen and oxygen atoms in total. The average Bonchev–Trinajstić information content (AvgIpc) is 3.10. The molecule has 1 unspecified atom stereocenters. The molecule has 0 saturated carbocycles. The molecule has 1 aliphatic rings. The summed E-state index contributed by atoms with van der Waals surface area (Å²) in [6.07, 6.45) is 0.146.